The number of hydrogen-bond donors (Lipinski definition) is 0. The second-order valence-corrected chi connectivity index (χ2v) is 7.70. The van der Waals surface area contributed by atoms with Crippen LogP contribution in [0.2, 0.25) is 0 Å². The minimum Gasteiger partial charge on any atom is -0.443 e. The molecule has 23 heavy (non-hydrogen) atoms. The number of rotatable bonds is 1. The Bertz CT molecular complexity index is 680. The van der Waals surface area contributed by atoms with Crippen LogP contribution in [-0.4, -0.2) is 22.6 Å². The minimum atomic E-state index is -0.473. The highest BCUT2D eigenvalue weighted by Crippen LogP contribution is 2.31. The lowest BCUT2D eigenvalue weighted by atomic mass is 9.82. The summed E-state index contributed by atoms with van der Waals surface area (Å²) in [4.78, 5) is 14.6. The van der Waals surface area contributed by atoms with Crippen molar-refractivity contribution in [3.63, 3.8) is 0 Å². The van der Waals surface area contributed by atoms with Gasteiger partial charge >= 0.3 is 6.09 Å². The van der Waals surface area contributed by atoms with E-state index in [1.807, 2.05) is 37.9 Å². The van der Waals surface area contributed by atoms with Crippen molar-refractivity contribution in [1.29, 1.82) is 0 Å². The first-order valence-electron chi connectivity index (χ1n) is 8.74. The molecular formula is C20H27NO2. The fourth-order valence-electron chi connectivity index (χ4n) is 3.61. The minimum absolute atomic E-state index is 0.111. The molecule has 2 aliphatic rings. The van der Waals surface area contributed by atoms with Crippen LogP contribution in [0.3, 0.4) is 0 Å². The molecule has 0 aromatic heterocycles. The van der Waals surface area contributed by atoms with Gasteiger partial charge in [0, 0.05) is 6.20 Å². The second-order valence-electron chi connectivity index (χ2n) is 7.70. The van der Waals surface area contributed by atoms with Gasteiger partial charge in [0.1, 0.15) is 5.60 Å². The lowest BCUT2D eigenvalue weighted by Crippen LogP contribution is -2.49. The van der Waals surface area contributed by atoms with E-state index in [0.717, 1.165) is 5.22 Å². The zero-order valence-corrected chi connectivity index (χ0v) is 14.4. The van der Waals surface area contributed by atoms with Crippen LogP contribution >= 0.6 is 0 Å². The maximum Gasteiger partial charge on any atom is 0.414 e. The first-order chi connectivity index (χ1) is 10.9. The number of carbonyl (C=O) groups excluding carboxylic acids is 1. The highest BCUT2D eigenvalue weighted by molar-refractivity contribution is 5.75. The monoisotopic (exact) mass is 313 g/mol. The van der Waals surface area contributed by atoms with E-state index >= 15 is 0 Å². The predicted octanol–water partition coefficient (Wildman–Crippen LogP) is 3.40. The van der Waals surface area contributed by atoms with Crippen molar-refractivity contribution in [3.8, 4) is 0 Å². The molecule has 0 radical (unpaired) electrons. The van der Waals surface area contributed by atoms with Crippen LogP contribution in [0, 0.1) is 5.92 Å². The summed E-state index contributed by atoms with van der Waals surface area (Å²) in [7, 11) is 0. The normalized spacial score (nSPS) is 21.9. The Hall–Kier alpha value is -1.77. The fourth-order valence-corrected chi connectivity index (χ4v) is 3.61. The van der Waals surface area contributed by atoms with E-state index < -0.39 is 5.60 Å². The van der Waals surface area contributed by atoms with Gasteiger partial charge < -0.3 is 4.74 Å². The van der Waals surface area contributed by atoms with Crippen LogP contribution in [-0.2, 0) is 4.74 Å². The predicted molar refractivity (Wildman–Crippen MR) is 93.1 cm³/mol. The number of nitrogens with zero attached hydrogens (tertiary/aromatic N) is 1. The van der Waals surface area contributed by atoms with Crippen LogP contribution < -0.4 is 10.4 Å². The Morgan fingerprint density at radius 1 is 1.09 bits per heavy atom. The number of ether oxygens (including phenoxy) is 1. The van der Waals surface area contributed by atoms with Crippen molar-refractivity contribution < 1.29 is 9.53 Å². The van der Waals surface area contributed by atoms with Gasteiger partial charge in [-0.15, -0.1) is 0 Å². The van der Waals surface area contributed by atoms with Crippen LogP contribution in [0.25, 0.3) is 12.3 Å². The lowest BCUT2D eigenvalue weighted by molar-refractivity contribution is 0.0288. The zero-order chi connectivity index (χ0) is 16.4. The molecule has 3 nitrogen and oxygen atoms in total. The van der Waals surface area contributed by atoms with Gasteiger partial charge in [-0.1, -0.05) is 49.6 Å². The maximum atomic E-state index is 12.7. The summed E-state index contributed by atoms with van der Waals surface area (Å²) in [6, 6.07) is 8.37. The number of benzene rings is 1. The van der Waals surface area contributed by atoms with E-state index in [-0.39, 0.29) is 12.1 Å². The average molecular weight is 313 g/mol. The highest BCUT2D eigenvalue weighted by atomic mass is 16.6. The molecule has 1 amide bonds. The molecule has 1 atom stereocenters. The van der Waals surface area contributed by atoms with Crippen LogP contribution in [0.1, 0.15) is 52.9 Å². The SMILES string of the molecule is CC(C)(C)OC(=O)N1C=c2ccccc2=CC1C1CCCCC1. The molecule has 3 heteroatoms. The molecule has 1 aliphatic carbocycles. The van der Waals surface area contributed by atoms with Gasteiger partial charge in [0.25, 0.3) is 0 Å². The Kier molecular flexibility index (Phi) is 4.47. The number of carbonyl (C=O) groups is 1. The van der Waals surface area contributed by atoms with Crippen molar-refractivity contribution in [2.24, 2.45) is 5.92 Å². The third kappa shape index (κ3) is 3.77. The third-order valence-electron chi connectivity index (χ3n) is 4.68. The fraction of sp³-hybridized carbons (Fsp3) is 0.550. The second kappa shape index (κ2) is 6.38. The van der Waals surface area contributed by atoms with E-state index in [1.165, 1.54) is 37.3 Å². The Labute approximate surface area is 138 Å². The molecule has 0 N–H and O–H groups in total. The van der Waals surface area contributed by atoms with E-state index in [1.54, 1.807) is 0 Å². The molecule has 0 saturated heterocycles. The first-order valence-corrected chi connectivity index (χ1v) is 8.74. The molecule has 0 spiro atoms. The molecule has 1 aromatic rings. The molecule has 1 unspecified atom stereocenters. The van der Waals surface area contributed by atoms with Crippen molar-refractivity contribution in [2.45, 2.75) is 64.5 Å². The molecule has 1 aromatic carbocycles. The van der Waals surface area contributed by atoms with E-state index in [4.69, 9.17) is 4.74 Å². The standard InChI is InChI=1S/C20H27NO2/c1-20(2,3)23-19(22)21-14-17-12-8-7-11-16(17)13-18(21)15-9-5-4-6-10-15/h7-8,11-15,18H,4-6,9-10H2,1-3H3. The summed E-state index contributed by atoms with van der Waals surface area (Å²) in [5.74, 6) is 0.529. The molecule has 3 rings (SSSR count). The van der Waals surface area contributed by atoms with Gasteiger partial charge in [-0.05, 0) is 50.0 Å². The Morgan fingerprint density at radius 2 is 1.74 bits per heavy atom. The van der Waals surface area contributed by atoms with Gasteiger partial charge in [0.05, 0.1) is 6.04 Å². The van der Waals surface area contributed by atoms with Crippen molar-refractivity contribution >= 4 is 18.4 Å². The molecular weight excluding hydrogens is 286 g/mol. The zero-order valence-electron chi connectivity index (χ0n) is 14.4. The number of hydrogen-bond acceptors (Lipinski definition) is 2. The quantitative estimate of drug-likeness (QED) is 0.795. The number of amides is 1. The molecule has 1 saturated carbocycles. The topological polar surface area (TPSA) is 29.5 Å². The summed E-state index contributed by atoms with van der Waals surface area (Å²) in [6.45, 7) is 5.76. The maximum absolute atomic E-state index is 12.7. The highest BCUT2D eigenvalue weighted by Gasteiger charge is 2.33. The molecule has 1 heterocycles. The Balaban J connectivity index is 1.96. The molecule has 124 valence electrons. The molecule has 1 fully saturated rings. The van der Waals surface area contributed by atoms with Gasteiger partial charge in [-0.25, -0.2) is 4.79 Å². The van der Waals surface area contributed by atoms with E-state index in [2.05, 4.69) is 24.3 Å². The largest absolute Gasteiger partial charge is 0.443 e. The van der Waals surface area contributed by atoms with Crippen LogP contribution in [0.15, 0.2) is 24.3 Å². The summed E-state index contributed by atoms with van der Waals surface area (Å²) in [6.07, 6.45) is 10.2. The van der Waals surface area contributed by atoms with Crippen molar-refractivity contribution in [3.05, 3.63) is 34.7 Å². The summed E-state index contributed by atoms with van der Waals surface area (Å²) < 4.78 is 5.65. The van der Waals surface area contributed by atoms with Crippen LogP contribution in [0.5, 0.6) is 0 Å². The lowest BCUT2D eigenvalue weighted by Gasteiger charge is -2.37. The summed E-state index contributed by atoms with van der Waals surface area (Å²) in [5.41, 5.74) is -0.473. The summed E-state index contributed by atoms with van der Waals surface area (Å²) in [5, 5.41) is 2.31. The summed E-state index contributed by atoms with van der Waals surface area (Å²) >= 11 is 0. The van der Waals surface area contributed by atoms with Gasteiger partial charge in [-0.3, -0.25) is 4.90 Å². The van der Waals surface area contributed by atoms with E-state index in [9.17, 15) is 4.79 Å². The van der Waals surface area contributed by atoms with Crippen molar-refractivity contribution in [1.82, 2.24) is 4.90 Å². The average Bonchev–Trinajstić information content (AvgIpc) is 2.53. The van der Waals surface area contributed by atoms with E-state index in [0.29, 0.717) is 5.92 Å². The molecule has 0 bridgehead atoms. The number of fused-ring (bicyclic) bond motifs is 1. The Morgan fingerprint density at radius 3 is 2.39 bits per heavy atom. The van der Waals surface area contributed by atoms with Gasteiger partial charge in [0.15, 0.2) is 0 Å². The third-order valence-corrected chi connectivity index (χ3v) is 4.68. The van der Waals surface area contributed by atoms with Gasteiger partial charge in [-0.2, -0.15) is 0 Å². The van der Waals surface area contributed by atoms with Gasteiger partial charge in [0.2, 0.25) is 0 Å². The van der Waals surface area contributed by atoms with Crippen molar-refractivity contribution in [2.75, 3.05) is 0 Å². The molecule has 1 aliphatic heterocycles. The smallest absolute Gasteiger partial charge is 0.414 e. The first kappa shape index (κ1) is 16.1. The van der Waals surface area contributed by atoms with Crippen LogP contribution in [0.4, 0.5) is 4.79 Å².